The van der Waals surface area contributed by atoms with Crippen molar-refractivity contribution in [3.05, 3.63) is 77.3 Å². The Morgan fingerprint density at radius 3 is 2.46 bits per heavy atom. The Labute approximate surface area is 143 Å². The van der Waals surface area contributed by atoms with Crippen molar-refractivity contribution in [1.82, 2.24) is 19.8 Å². The highest BCUT2D eigenvalue weighted by Crippen LogP contribution is 2.20. The van der Waals surface area contributed by atoms with Crippen molar-refractivity contribution in [3.63, 3.8) is 0 Å². The number of halogens is 1. The second-order valence-corrected chi connectivity index (χ2v) is 5.79. The van der Waals surface area contributed by atoms with Gasteiger partial charge in [0.1, 0.15) is 5.82 Å². The van der Waals surface area contributed by atoms with E-state index in [1.54, 1.807) is 4.52 Å². The quantitative estimate of drug-likeness (QED) is 0.611. The largest absolute Gasteiger partial charge is 0.365 e. The summed E-state index contributed by atoms with van der Waals surface area (Å²) < 4.78 is 1.73. The van der Waals surface area contributed by atoms with E-state index in [4.69, 9.17) is 11.6 Å². The lowest BCUT2D eigenvalue weighted by Gasteiger charge is -2.06. The van der Waals surface area contributed by atoms with Gasteiger partial charge in [-0.2, -0.15) is 4.52 Å². The lowest BCUT2D eigenvalue weighted by molar-refractivity contribution is 0.925. The topological polar surface area (TPSA) is 55.1 Å². The van der Waals surface area contributed by atoms with Gasteiger partial charge in [0, 0.05) is 17.1 Å². The van der Waals surface area contributed by atoms with Gasteiger partial charge < -0.3 is 5.32 Å². The molecule has 0 aliphatic heterocycles. The Morgan fingerprint density at radius 2 is 1.67 bits per heavy atom. The van der Waals surface area contributed by atoms with Crippen LogP contribution in [0.5, 0.6) is 0 Å². The molecule has 24 heavy (non-hydrogen) atoms. The average Bonchev–Trinajstić information content (AvgIpc) is 3.05. The number of hydrogen-bond acceptors (Lipinski definition) is 4. The number of hydrogen-bond donors (Lipinski definition) is 1. The Balaban J connectivity index is 1.64. The van der Waals surface area contributed by atoms with Crippen LogP contribution in [-0.2, 0) is 6.54 Å². The van der Waals surface area contributed by atoms with Gasteiger partial charge in [0.15, 0.2) is 11.5 Å². The summed E-state index contributed by atoms with van der Waals surface area (Å²) in [5, 5.41) is 17.0. The molecule has 2 aromatic carbocycles. The Hall–Kier alpha value is -2.92. The average molecular weight is 336 g/mol. The van der Waals surface area contributed by atoms with Gasteiger partial charge in [-0.25, -0.2) is 0 Å². The smallest absolute Gasteiger partial charge is 0.185 e. The maximum Gasteiger partial charge on any atom is 0.185 e. The van der Waals surface area contributed by atoms with Gasteiger partial charge in [0.05, 0.1) is 0 Å². The predicted octanol–water partition coefficient (Wildman–Crippen LogP) is 4.06. The number of nitrogens with zero attached hydrogens (tertiary/aromatic N) is 4. The van der Waals surface area contributed by atoms with Crippen LogP contribution in [0.15, 0.2) is 66.7 Å². The molecule has 4 rings (SSSR count). The van der Waals surface area contributed by atoms with Gasteiger partial charge in [-0.15, -0.1) is 15.3 Å². The summed E-state index contributed by atoms with van der Waals surface area (Å²) in [6.07, 6.45) is 0. The minimum Gasteiger partial charge on any atom is -0.365 e. The molecule has 0 atom stereocenters. The molecule has 0 aliphatic carbocycles. The lowest BCUT2D eigenvalue weighted by atomic mass is 10.2. The van der Waals surface area contributed by atoms with E-state index in [0.717, 1.165) is 11.4 Å². The third-order valence-electron chi connectivity index (χ3n) is 3.68. The molecule has 0 saturated carbocycles. The molecule has 0 unspecified atom stereocenters. The molecule has 0 fully saturated rings. The molecule has 6 heteroatoms. The van der Waals surface area contributed by atoms with Crippen molar-refractivity contribution >= 4 is 23.1 Å². The summed E-state index contributed by atoms with van der Waals surface area (Å²) in [5.74, 6) is 1.45. The van der Waals surface area contributed by atoms with Crippen LogP contribution in [0.1, 0.15) is 5.56 Å². The first-order valence-corrected chi connectivity index (χ1v) is 7.93. The monoisotopic (exact) mass is 335 g/mol. The standard InChI is InChI=1S/C18H14ClN5/c19-15-8-6-14(7-9-15)18-22-21-17-11-10-16(23-24(17)18)20-12-13-4-2-1-3-5-13/h1-11H,12H2,(H,20,23). The minimum absolute atomic E-state index is 0.685. The van der Waals surface area contributed by atoms with Gasteiger partial charge in [-0.1, -0.05) is 41.9 Å². The van der Waals surface area contributed by atoms with E-state index in [9.17, 15) is 0 Å². The van der Waals surface area contributed by atoms with Crippen molar-refractivity contribution in [2.45, 2.75) is 6.54 Å². The highest BCUT2D eigenvalue weighted by Gasteiger charge is 2.10. The van der Waals surface area contributed by atoms with Crippen molar-refractivity contribution in [3.8, 4) is 11.4 Å². The van der Waals surface area contributed by atoms with Crippen LogP contribution in [0.2, 0.25) is 5.02 Å². The summed E-state index contributed by atoms with van der Waals surface area (Å²) in [7, 11) is 0. The summed E-state index contributed by atoms with van der Waals surface area (Å²) in [6.45, 7) is 0.706. The molecule has 0 amide bonds. The molecule has 5 nitrogen and oxygen atoms in total. The van der Waals surface area contributed by atoms with E-state index in [0.29, 0.717) is 23.0 Å². The van der Waals surface area contributed by atoms with Crippen LogP contribution in [0.4, 0.5) is 5.82 Å². The predicted molar refractivity (Wildman–Crippen MR) is 95.0 cm³/mol. The second-order valence-electron chi connectivity index (χ2n) is 5.36. The number of fused-ring (bicyclic) bond motifs is 1. The molecule has 0 saturated heterocycles. The first-order valence-electron chi connectivity index (χ1n) is 7.56. The summed E-state index contributed by atoms with van der Waals surface area (Å²) in [6, 6.07) is 21.5. The molecule has 1 N–H and O–H groups in total. The maximum absolute atomic E-state index is 5.95. The highest BCUT2D eigenvalue weighted by molar-refractivity contribution is 6.30. The highest BCUT2D eigenvalue weighted by atomic mass is 35.5. The molecule has 0 radical (unpaired) electrons. The third-order valence-corrected chi connectivity index (χ3v) is 3.93. The van der Waals surface area contributed by atoms with Gasteiger partial charge in [-0.05, 0) is 42.0 Å². The van der Waals surface area contributed by atoms with Crippen LogP contribution >= 0.6 is 11.6 Å². The first kappa shape index (κ1) is 14.7. The van der Waals surface area contributed by atoms with Crippen LogP contribution in [-0.4, -0.2) is 19.8 Å². The molecular weight excluding hydrogens is 322 g/mol. The van der Waals surface area contributed by atoms with Crippen molar-refractivity contribution in [2.24, 2.45) is 0 Å². The fraction of sp³-hybridized carbons (Fsp3) is 0.0556. The van der Waals surface area contributed by atoms with Crippen molar-refractivity contribution < 1.29 is 0 Å². The fourth-order valence-electron chi connectivity index (χ4n) is 2.45. The number of anilines is 1. The van der Waals surface area contributed by atoms with E-state index < -0.39 is 0 Å². The zero-order chi connectivity index (χ0) is 16.4. The first-order chi connectivity index (χ1) is 11.8. The van der Waals surface area contributed by atoms with E-state index in [-0.39, 0.29) is 0 Å². The normalized spacial score (nSPS) is 10.9. The zero-order valence-electron chi connectivity index (χ0n) is 12.7. The molecule has 2 heterocycles. The third kappa shape index (κ3) is 2.94. The Morgan fingerprint density at radius 1 is 0.875 bits per heavy atom. The lowest BCUT2D eigenvalue weighted by Crippen LogP contribution is -2.04. The summed E-state index contributed by atoms with van der Waals surface area (Å²) in [4.78, 5) is 0. The minimum atomic E-state index is 0.685. The number of benzene rings is 2. The van der Waals surface area contributed by atoms with E-state index >= 15 is 0 Å². The van der Waals surface area contributed by atoms with Crippen LogP contribution in [0, 0.1) is 0 Å². The van der Waals surface area contributed by atoms with E-state index in [2.05, 4.69) is 32.7 Å². The molecule has 118 valence electrons. The van der Waals surface area contributed by atoms with E-state index in [1.165, 1.54) is 5.56 Å². The Bertz CT molecular complexity index is 964. The van der Waals surface area contributed by atoms with Gasteiger partial charge in [0.25, 0.3) is 0 Å². The van der Waals surface area contributed by atoms with Crippen molar-refractivity contribution in [2.75, 3.05) is 5.32 Å². The van der Waals surface area contributed by atoms with Gasteiger partial charge in [-0.3, -0.25) is 0 Å². The maximum atomic E-state index is 5.95. The molecule has 4 aromatic rings. The molecule has 0 bridgehead atoms. The molecule has 0 aliphatic rings. The molecule has 0 spiro atoms. The fourth-order valence-corrected chi connectivity index (χ4v) is 2.58. The second kappa shape index (κ2) is 6.29. The van der Waals surface area contributed by atoms with Gasteiger partial charge in [0.2, 0.25) is 0 Å². The number of rotatable bonds is 4. The number of nitrogens with one attached hydrogen (secondary N) is 1. The van der Waals surface area contributed by atoms with Crippen LogP contribution in [0.3, 0.4) is 0 Å². The van der Waals surface area contributed by atoms with E-state index in [1.807, 2.05) is 54.6 Å². The SMILES string of the molecule is Clc1ccc(-c2nnc3ccc(NCc4ccccc4)nn23)cc1. The molecular formula is C18H14ClN5. The number of aromatic nitrogens is 4. The van der Waals surface area contributed by atoms with Crippen LogP contribution in [0.25, 0.3) is 17.0 Å². The van der Waals surface area contributed by atoms with Crippen molar-refractivity contribution in [1.29, 1.82) is 0 Å². The van der Waals surface area contributed by atoms with Gasteiger partial charge >= 0.3 is 0 Å². The molecule has 2 aromatic heterocycles. The van der Waals surface area contributed by atoms with Crippen LogP contribution < -0.4 is 5.32 Å². The summed E-state index contributed by atoms with van der Waals surface area (Å²) >= 11 is 5.95. The zero-order valence-corrected chi connectivity index (χ0v) is 13.5. The Kier molecular flexibility index (Phi) is 3.84. The summed E-state index contributed by atoms with van der Waals surface area (Å²) in [5.41, 5.74) is 2.81.